The van der Waals surface area contributed by atoms with Crippen molar-refractivity contribution in [2.75, 3.05) is 0 Å². The maximum atomic E-state index is 12.0. The highest BCUT2D eigenvalue weighted by molar-refractivity contribution is 7.71. The molecule has 4 heterocycles. The lowest BCUT2D eigenvalue weighted by Crippen LogP contribution is -2.05. The number of rotatable bonds is 1. The smallest absolute Gasteiger partial charge is 0.220 e. The van der Waals surface area contributed by atoms with Crippen LogP contribution in [0.4, 0.5) is 0 Å². The maximum absolute atomic E-state index is 12.0. The third kappa shape index (κ3) is 1.60. The zero-order valence-electron chi connectivity index (χ0n) is 12.8. The second kappa shape index (κ2) is 4.52. The van der Waals surface area contributed by atoms with E-state index in [2.05, 4.69) is 6.07 Å². The zero-order valence-corrected chi connectivity index (χ0v) is 13.6. The van der Waals surface area contributed by atoms with Crippen LogP contribution >= 0.6 is 12.2 Å². The molecule has 5 nitrogen and oxygen atoms in total. The number of hydrogen-bond donors (Lipinski definition) is 0. The number of imidazole rings is 2. The van der Waals surface area contributed by atoms with Gasteiger partial charge in [0.15, 0.2) is 5.43 Å². The Labute approximate surface area is 141 Å². The van der Waals surface area contributed by atoms with Crippen molar-refractivity contribution in [3.8, 4) is 5.69 Å². The summed E-state index contributed by atoms with van der Waals surface area (Å²) in [5.74, 6) is 0.734. The van der Waals surface area contributed by atoms with Crippen molar-refractivity contribution in [3.63, 3.8) is 0 Å². The minimum absolute atomic E-state index is 0.00770. The highest BCUT2D eigenvalue weighted by atomic mass is 32.1. The van der Waals surface area contributed by atoms with Crippen molar-refractivity contribution in [2.24, 2.45) is 0 Å². The molecule has 0 amide bonds. The third-order valence-electron chi connectivity index (χ3n) is 4.48. The van der Waals surface area contributed by atoms with E-state index in [0.717, 1.165) is 28.0 Å². The van der Waals surface area contributed by atoms with Gasteiger partial charge in [0.25, 0.3) is 0 Å². The van der Waals surface area contributed by atoms with Crippen LogP contribution in [0.15, 0.2) is 59.8 Å². The Morgan fingerprint density at radius 3 is 2.67 bits per heavy atom. The van der Waals surface area contributed by atoms with Gasteiger partial charge in [0.1, 0.15) is 4.64 Å². The summed E-state index contributed by atoms with van der Waals surface area (Å²) in [6.07, 6.45) is 5.74. The Hall–Kier alpha value is -2.99. The Kier molecular flexibility index (Phi) is 2.53. The van der Waals surface area contributed by atoms with Gasteiger partial charge in [-0.1, -0.05) is 12.2 Å². The van der Waals surface area contributed by atoms with Crippen molar-refractivity contribution in [3.05, 3.63) is 75.4 Å². The number of nitrogens with zero attached hydrogens (tertiary/aromatic N) is 4. The van der Waals surface area contributed by atoms with Crippen LogP contribution in [0.25, 0.3) is 28.0 Å². The van der Waals surface area contributed by atoms with Gasteiger partial charge in [0.2, 0.25) is 5.78 Å². The minimum atomic E-state index is -0.00770. The van der Waals surface area contributed by atoms with E-state index >= 15 is 0 Å². The number of fused-ring (bicyclic) bond motifs is 5. The summed E-state index contributed by atoms with van der Waals surface area (Å²) in [4.78, 5) is 16.7. The summed E-state index contributed by atoms with van der Waals surface area (Å²) in [6, 6.07) is 11.6. The molecular formula is C18H12N4OS. The van der Waals surface area contributed by atoms with Crippen LogP contribution in [0, 0.1) is 11.6 Å². The molecule has 0 aliphatic carbocycles. The molecule has 0 radical (unpaired) electrons. The average Bonchev–Trinajstić information content (AvgIpc) is 3.27. The van der Waals surface area contributed by atoms with Gasteiger partial charge in [-0.25, -0.2) is 4.98 Å². The molecule has 24 heavy (non-hydrogen) atoms. The molecule has 116 valence electrons. The Morgan fingerprint density at radius 2 is 1.88 bits per heavy atom. The molecule has 0 saturated heterocycles. The van der Waals surface area contributed by atoms with Crippen LogP contribution in [0.3, 0.4) is 0 Å². The van der Waals surface area contributed by atoms with Gasteiger partial charge in [-0.2, -0.15) is 0 Å². The quantitative estimate of drug-likeness (QED) is 0.442. The summed E-state index contributed by atoms with van der Waals surface area (Å²) >= 11 is 5.66. The molecule has 0 unspecified atom stereocenters. The molecule has 5 aromatic rings. The standard InChI is InChI=1S/C18H12N4OS/c1-11-15(23)6-9-21-16(11)17(24)22-14-10-12(20-7-2-3-8-20)4-5-13(14)19-18(21)22/h2-10H,1H3. The Bertz CT molecular complexity index is 1350. The number of pyridine rings is 1. The van der Waals surface area contributed by atoms with Crippen LogP contribution in [-0.4, -0.2) is 18.4 Å². The predicted molar refractivity (Wildman–Crippen MR) is 96.0 cm³/mol. The molecule has 0 atom stereocenters. The molecule has 1 aromatic carbocycles. The van der Waals surface area contributed by atoms with Gasteiger partial charge in [-0.3, -0.25) is 13.6 Å². The lowest BCUT2D eigenvalue weighted by atomic mass is 10.2. The van der Waals surface area contributed by atoms with Crippen LogP contribution in [0.5, 0.6) is 0 Å². The lowest BCUT2D eigenvalue weighted by Gasteiger charge is -2.02. The maximum Gasteiger partial charge on any atom is 0.220 e. The SMILES string of the molecule is Cc1c(=O)ccn2c1c(=S)n1c3cc(-n4cccc4)ccc3nc21. The van der Waals surface area contributed by atoms with E-state index < -0.39 is 0 Å². The predicted octanol–water partition coefficient (Wildman–Crippen LogP) is 3.37. The van der Waals surface area contributed by atoms with Gasteiger partial charge in [-0.15, -0.1) is 0 Å². The van der Waals surface area contributed by atoms with Crippen molar-refractivity contribution >= 4 is 34.5 Å². The fraction of sp³-hybridized carbons (Fsp3) is 0.0556. The second-order valence-electron chi connectivity index (χ2n) is 5.84. The van der Waals surface area contributed by atoms with Gasteiger partial charge in [0.05, 0.1) is 16.6 Å². The minimum Gasteiger partial charge on any atom is -0.324 e. The lowest BCUT2D eigenvalue weighted by molar-refractivity contribution is 1.08. The molecule has 4 aromatic heterocycles. The Morgan fingerprint density at radius 1 is 1.08 bits per heavy atom. The van der Waals surface area contributed by atoms with Crippen LogP contribution < -0.4 is 5.43 Å². The first kappa shape index (κ1) is 13.4. The summed E-state index contributed by atoms with van der Waals surface area (Å²) in [5, 5.41) is 0. The van der Waals surface area contributed by atoms with E-state index in [4.69, 9.17) is 17.2 Å². The molecule has 0 spiro atoms. The van der Waals surface area contributed by atoms with Crippen molar-refractivity contribution in [1.82, 2.24) is 18.4 Å². The molecule has 0 N–H and O–H groups in total. The number of hydrogen-bond acceptors (Lipinski definition) is 3. The van der Waals surface area contributed by atoms with E-state index in [-0.39, 0.29) is 5.43 Å². The van der Waals surface area contributed by atoms with Gasteiger partial charge < -0.3 is 4.57 Å². The molecule has 0 bridgehead atoms. The van der Waals surface area contributed by atoms with E-state index in [9.17, 15) is 4.79 Å². The fourth-order valence-corrected chi connectivity index (χ4v) is 3.69. The summed E-state index contributed by atoms with van der Waals surface area (Å²) in [6.45, 7) is 1.81. The van der Waals surface area contributed by atoms with Crippen LogP contribution in [0.2, 0.25) is 0 Å². The first-order chi connectivity index (χ1) is 11.6. The van der Waals surface area contributed by atoms with E-state index in [1.165, 1.54) is 0 Å². The van der Waals surface area contributed by atoms with Gasteiger partial charge in [0, 0.05) is 35.9 Å². The third-order valence-corrected chi connectivity index (χ3v) is 4.86. The largest absolute Gasteiger partial charge is 0.324 e. The number of aryl methyl sites for hydroxylation is 1. The average molecular weight is 332 g/mol. The fourth-order valence-electron chi connectivity index (χ4n) is 3.26. The van der Waals surface area contributed by atoms with E-state index in [1.807, 2.05) is 50.0 Å². The Balaban J connectivity index is 1.98. The first-order valence-electron chi connectivity index (χ1n) is 7.58. The molecule has 0 aliphatic rings. The summed E-state index contributed by atoms with van der Waals surface area (Å²) in [7, 11) is 0. The van der Waals surface area contributed by atoms with Crippen molar-refractivity contribution in [2.45, 2.75) is 6.92 Å². The summed E-state index contributed by atoms with van der Waals surface area (Å²) in [5.41, 5.74) is 4.27. The molecule has 0 saturated carbocycles. The first-order valence-corrected chi connectivity index (χ1v) is 7.99. The molecule has 6 heteroatoms. The number of benzene rings is 1. The topological polar surface area (TPSA) is 43.7 Å². The van der Waals surface area contributed by atoms with E-state index in [1.54, 1.807) is 19.2 Å². The van der Waals surface area contributed by atoms with Crippen LogP contribution in [-0.2, 0) is 0 Å². The highest BCUT2D eigenvalue weighted by Gasteiger charge is 2.15. The van der Waals surface area contributed by atoms with Crippen molar-refractivity contribution in [1.29, 1.82) is 0 Å². The van der Waals surface area contributed by atoms with Crippen LogP contribution in [0.1, 0.15) is 5.56 Å². The van der Waals surface area contributed by atoms with Crippen molar-refractivity contribution < 1.29 is 0 Å². The van der Waals surface area contributed by atoms with Gasteiger partial charge in [-0.05, 0) is 37.3 Å². The molecule has 5 rings (SSSR count). The molecular weight excluding hydrogens is 320 g/mol. The zero-order chi connectivity index (χ0) is 16.4. The van der Waals surface area contributed by atoms with E-state index in [0.29, 0.717) is 10.2 Å². The summed E-state index contributed by atoms with van der Waals surface area (Å²) < 4.78 is 6.50. The normalized spacial score (nSPS) is 11.9. The monoisotopic (exact) mass is 332 g/mol. The number of aromatic nitrogens is 4. The highest BCUT2D eigenvalue weighted by Crippen LogP contribution is 2.24. The second-order valence-corrected chi connectivity index (χ2v) is 6.23. The molecule has 0 fully saturated rings. The molecule has 0 aliphatic heterocycles. The van der Waals surface area contributed by atoms with Gasteiger partial charge >= 0.3 is 0 Å².